The molecule has 0 aliphatic carbocycles. The van der Waals surface area contributed by atoms with E-state index in [1.165, 1.54) is 23.1 Å². The summed E-state index contributed by atoms with van der Waals surface area (Å²) < 4.78 is 25.5. The Morgan fingerprint density at radius 1 is 1.22 bits per heavy atom. The molecule has 194 valence electrons. The van der Waals surface area contributed by atoms with Gasteiger partial charge in [-0.3, -0.25) is 9.59 Å². The lowest BCUT2D eigenvalue weighted by Gasteiger charge is -2.29. The van der Waals surface area contributed by atoms with Crippen molar-refractivity contribution in [2.75, 3.05) is 11.5 Å². The van der Waals surface area contributed by atoms with Gasteiger partial charge in [-0.25, -0.2) is 9.18 Å². The SMILES string of the molecule is CC(C)N1C(=O)[C@H](NC(=O)[C@@H](Cc2ccccc2F)NC(=O)OC(C)(C)C)COc2cc(Cl)ccc21. The van der Waals surface area contributed by atoms with E-state index in [2.05, 4.69) is 10.6 Å². The van der Waals surface area contributed by atoms with Crippen molar-refractivity contribution >= 4 is 35.2 Å². The number of hydrogen-bond donors (Lipinski definition) is 2. The number of amides is 3. The van der Waals surface area contributed by atoms with Gasteiger partial charge in [0.25, 0.3) is 5.91 Å². The van der Waals surface area contributed by atoms with Gasteiger partial charge in [-0.1, -0.05) is 29.8 Å². The second-order valence-electron chi connectivity index (χ2n) is 9.78. The second kappa shape index (κ2) is 11.2. The summed E-state index contributed by atoms with van der Waals surface area (Å²) in [5.74, 6) is -1.18. The Morgan fingerprint density at radius 3 is 2.56 bits per heavy atom. The number of hydrogen-bond acceptors (Lipinski definition) is 5. The number of halogens is 2. The summed E-state index contributed by atoms with van der Waals surface area (Å²) in [6.45, 7) is 8.58. The van der Waals surface area contributed by atoms with Gasteiger partial charge in [-0.05, 0) is 58.4 Å². The first-order valence-corrected chi connectivity index (χ1v) is 12.0. The number of anilines is 1. The van der Waals surface area contributed by atoms with Crippen LogP contribution in [0.15, 0.2) is 42.5 Å². The zero-order valence-electron chi connectivity index (χ0n) is 20.9. The molecular weight excluding hydrogens is 489 g/mol. The molecule has 10 heteroatoms. The fourth-order valence-corrected chi connectivity index (χ4v) is 3.95. The number of alkyl carbamates (subject to hydrolysis) is 1. The summed E-state index contributed by atoms with van der Waals surface area (Å²) in [7, 11) is 0. The highest BCUT2D eigenvalue weighted by atomic mass is 35.5. The van der Waals surface area contributed by atoms with Gasteiger partial charge in [0.15, 0.2) is 0 Å². The van der Waals surface area contributed by atoms with Crippen molar-refractivity contribution in [3.8, 4) is 5.75 Å². The number of rotatable bonds is 6. The topological polar surface area (TPSA) is 97.0 Å². The molecule has 1 aliphatic heterocycles. The van der Waals surface area contributed by atoms with Crippen molar-refractivity contribution in [3.05, 3.63) is 58.9 Å². The number of ether oxygens (including phenoxy) is 2. The van der Waals surface area contributed by atoms with Crippen molar-refractivity contribution < 1.29 is 28.2 Å². The molecule has 8 nitrogen and oxygen atoms in total. The molecule has 0 saturated heterocycles. The number of nitrogens with one attached hydrogen (secondary N) is 2. The van der Waals surface area contributed by atoms with Gasteiger partial charge in [-0.15, -0.1) is 0 Å². The maximum absolute atomic E-state index is 14.4. The summed E-state index contributed by atoms with van der Waals surface area (Å²) in [5, 5.41) is 5.62. The first-order chi connectivity index (χ1) is 16.9. The summed E-state index contributed by atoms with van der Waals surface area (Å²) in [5.41, 5.74) is -0.0483. The van der Waals surface area contributed by atoms with Crippen LogP contribution in [0.3, 0.4) is 0 Å². The van der Waals surface area contributed by atoms with Crippen LogP contribution in [0.2, 0.25) is 5.02 Å². The predicted octanol–water partition coefficient (Wildman–Crippen LogP) is 4.23. The largest absolute Gasteiger partial charge is 0.489 e. The summed E-state index contributed by atoms with van der Waals surface area (Å²) >= 11 is 6.10. The molecule has 1 aliphatic rings. The molecule has 0 saturated carbocycles. The Hall–Kier alpha value is -3.33. The zero-order chi connectivity index (χ0) is 26.6. The Balaban J connectivity index is 1.85. The molecule has 1 heterocycles. The molecule has 0 aromatic heterocycles. The minimum Gasteiger partial charge on any atom is -0.489 e. The van der Waals surface area contributed by atoms with Crippen LogP contribution >= 0.6 is 11.6 Å². The fraction of sp³-hybridized carbons (Fsp3) is 0.423. The average Bonchev–Trinajstić information content (AvgIpc) is 2.89. The van der Waals surface area contributed by atoms with Gasteiger partial charge in [0.05, 0.1) is 5.69 Å². The lowest BCUT2D eigenvalue weighted by molar-refractivity contribution is -0.129. The van der Waals surface area contributed by atoms with Crippen LogP contribution in [0, 0.1) is 5.82 Å². The maximum Gasteiger partial charge on any atom is 0.408 e. The molecule has 0 spiro atoms. The number of carbonyl (C=O) groups is 3. The van der Waals surface area contributed by atoms with E-state index in [0.717, 1.165) is 0 Å². The number of nitrogens with zero attached hydrogens (tertiary/aromatic N) is 1. The summed E-state index contributed by atoms with van der Waals surface area (Å²) in [6, 6.07) is 8.38. The highest BCUT2D eigenvalue weighted by Gasteiger charge is 2.36. The van der Waals surface area contributed by atoms with E-state index in [-0.39, 0.29) is 30.5 Å². The highest BCUT2D eigenvalue weighted by molar-refractivity contribution is 6.30. The molecule has 2 aromatic carbocycles. The van der Waals surface area contributed by atoms with E-state index in [4.69, 9.17) is 21.1 Å². The van der Waals surface area contributed by atoms with Crippen LogP contribution in [0.1, 0.15) is 40.2 Å². The van der Waals surface area contributed by atoms with E-state index in [0.29, 0.717) is 16.5 Å². The molecule has 0 bridgehead atoms. The average molecular weight is 520 g/mol. The van der Waals surface area contributed by atoms with Crippen LogP contribution in [0.25, 0.3) is 0 Å². The lowest BCUT2D eigenvalue weighted by Crippen LogP contribution is -2.57. The first kappa shape index (κ1) is 27.3. The van der Waals surface area contributed by atoms with Crippen molar-refractivity contribution in [3.63, 3.8) is 0 Å². The van der Waals surface area contributed by atoms with Gasteiger partial charge in [0, 0.05) is 23.6 Å². The molecule has 2 N–H and O–H groups in total. The number of benzene rings is 2. The Kier molecular flexibility index (Phi) is 8.45. The van der Waals surface area contributed by atoms with Crippen molar-refractivity contribution in [2.24, 2.45) is 0 Å². The van der Waals surface area contributed by atoms with Crippen molar-refractivity contribution in [2.45, 2.75) is 64.8 Å². The van der Waals surface area contributed by atoms with E-state index in [9.17, 15) is 18.8 Å². The van der Waals surface area contributed by atoms with E-state index in [1.807, 2.05) is 13.8 Å². The van der Waals surface area contributed by atoms with E-state index >= 15 is 0 Å². The molecule has 0 fully saturated rings. The van der Waals surface area contributed by atoms with Gasteiger partial charge in [0.1, 0.15) is 35.9 Å². The third-order valence-corrected chi connectivity index (χ3v) is 5.58. The highest BCUT2D eigenvalue weighted by Crippen LogP contribution is 2.35. The molecule has 3 rings (SSSR count). The maximum atomic E-state index is 14.4. The third kappa shape index (κ3) is 6.87. The molecular formula is C26H31ClFN3O5. The molecule has 2 aromatic rings. The molecule has 3 amide bonds. The molecule has 36 heavy (non-hydrogen) atoms. The predicted molar refractivity (Wildman–Crippen MR) is 135 cm³/mol. The summed E-state index contributed by atoms with van der Waals surface area (Å²) in [6.07, 6.45) is -0.989. The van der Waals surface area contributed by atoms with Crippen LogP contribution in [0.5, 0.6) is 5.75 Å². The minimum atomic E-state index is -1.21. The van der Waals surface area contributed by atoms with E-state index in [1.54, 1.807) is 45.0 Å². The quantitative estimate of drug-likeness (QED) is 0.595. The zero-order valence-corrected chi connectivity index (χ0v) is 21.7. The molecule has 0 radical (unpaired) electrons. The van der Waals surface area contributed by atoms with Crippen LogP contribution < -0.4 is 20.3 Å². The van der Waals surface area contributed by atoms with Crippen molar-refractivity contribution in [1.29, 1.82) is 0 Å². The van der Waals surface area contributed by atoms with Gasteiger partial charge in [-0.2, -0.15) is 0 Å². The monoisotopic (exact) mass is 519 g/mol. The standard InChI is InChI=1S/C26H31ClFN3O5/c1-15(2)31-21-11-10-17(27)13-22(21)35-14-20(24(31)33)29-23(32)19(30-25(34)36-26(3,4)5)12-16-8-6-7-9-18(16)28/h6-11,13,15,19-20H,12,14H2,1-5H3,(H,29,32)(H,30,34)/t19-,20-/m1/s1. The molecule has 2 atom stereocenters. The van der Waals surface area contributed by atoms with Gasteiger partial charge < -0.3 is 25.0 Å². The van der Waals surface area contributed by atoms with Crippen LogP contribution in [-0.2, 0) is 20.7 Å². The number of carbonyl (C=O) groups excluding carboxylic acids is 3. The smallest absolute Gasteiger partial charge is 0.408 e. The second-order valence-corrected chi connectivity index (χ2v) is 10.2. The Morgan fingerprint density at radius 2 is 1.92 bits per heavy atom. The van der Waals surface area contributed by atoms with Crippen molar-refractivity contribution in [1.82, 2.24) is 10.6 Å². The first-order valence-electron chi connectivity index (χ1n) is 11.6. The van der Waals surface area contributed by atoms with E-state index < -0.39 is 35.5 Å². The normalized spacial score (nSPS) is 16.5. The van der Waals surface area contributed by atoms with Gasteiger partial charge >= 0.3 is 6.09 Å². The molecule has 0 unspecified atom stereocenters. The minimum absolute atomic E-state index is 0.150. The van der Waals surface area contributed by atoms with Crippen LogP contribution in [-0.4, -0.2) is 48.2 Å². The number of fused-ring (bicyclic) bond motifs is 1. The third-order valence-electron chi connectivity index (χ3n) is 5.34. The lowest BCUT2D eigenvalue weighted by atomic mass is 10.0. The Labute approximate surface area is 215 Å². The Bertz CT molecular complexity index is 1130. The fourth-order valence-electron chi connectivity index (χ4n) is 3.78. The van der Waals surface area contributed by atoms with Gasteiger partial charge in [0.2, 0.25) is 5.91 Å². The summed E-state index contributed by atoms with van der Waals surface area (Å²) in [4.78, 5) is 40.8. The van der Waals surface area contributed by atoms with Crippen LogP contribution in [0.4, 0.5) is 14.9 Å².